The summed E-state index contributed by atoms with van der Waals surface area (Å²) in [6, 6.07) is 6.76. The Bertz CT molecular complexity index is 503. The van der Waals surface area contributed by atoms with E-state index in [0.29, 0.717) is 5.92 Å². The van der Waals surface area contributed by atoms with Crippen LogP contribution in [0, 0.1) is 13.8 Å². The van der Waals surface area contributed by atoms with Crippen molar-refractivity contribution in [2.45, 2.75) is 52.5 Å². The molecule has 0 spiro atoms. The molecule has 0 aliphatic carbocycles. The number of hydrogen-bond donors (Lipinski definition) is 0. The number of benzene rings is 1. The summed E-state index contributed by atoms with van der Waals surface area (Å²) in [7, 11) is 0. The number of unbranched alkanes of at least 4 members (excludes halogenated alkanes) is 1. The fourth-order valence-corrected chi connectivity index (χ4v) is 2.63. The predicted molar refractivity (Wildman–Crippen MR) is 78.2 cm³/mol. The van der Waals surface area contributed by atoms with Crippen LogP contribution >= 0.6 is 0 Å². The zero-order valence-corrected chi connectivity index (χ0v) is 12.1. The second-order valence-corrected chi connectivity index (χ2v) is 5.32. The molecule has 102 valence electrons. The second kappa shape index (κ2) is 6.50. The van der Waals surface area contributed by atoms with Crippen molar-refractivity contribution >= 4 is 0 Å². The van der Waals surface area contributed by atoms with Gasteiger partial charge in [-0.3, -0.25) is 4.68 Å². The van der Waals surface area contributed by atoms with Crippen LogP contribution in [0.5, 0.6) is 0 Å². The molecule has 0 amide bonds. The van der Waals surface area contributed by atoms with Crippen molar-refractivity contribution in [2.24, 2.45) is 0 Å². The van der Waals surface area contributed by atoms with Gasteiger partial charge in [0.1, 0.15) is 12.7 Å². The van der Waals surface area contributed by atoms with Gasteiger partial charge in [0, 0.05) is 12.5 Å². The number of rotatable bonds is 6. The van der Waals surface area contributed by atoms with Crippen LogP contribution in [0.25, 0.3) is 0 Å². The smallest absolute Gasteiger partial charge is 0.137 e. The summed E-state index contributed by atoms with van der Waals surface area (Å²) in [5, 5.41) is 4.24. The van der Waals surface area contributed by atoms with E-state index in [1.807, 2.05) is 11.0 Å². The van der Waals surface area contributed by atoms with Gasteiger partial charge in [-0.1, -0.05) is 43.5 Å². The van der Waals surface area contributed by atoms with Crippen LogP contribution in [0.1, 0.15) is 48.8 Å². The van der Waals surface area contributed by atoms with Gasteiger partial charge in [-0.25, -0.2) is 4.98 Å². The van der Waals surface area contributed by atoms with Gasteiger partial charge in [0.05, 0.1) is 0 Å². The van der Waals surface area contributed by atoms with Crippen LogP contribution in [0.4, 0.5) is 0 Å². The summed E-state index contributed by atoms with van der Waals surface area (Å²) in [5.74, 6) is 0.530. The van der Waals surface area contributed by atoms with E-state index >= 15 is 0 Å². The summed E-state index contributed by atoms with van der Waals surface area (Å²) in [6.07, 6.45) is 7.12. The maximum atomic E-state index is 4.24. The number of hydrogen-bond acceptors (Lipinski definition) is 2. The fourth-order valence-electron chi connectivity index (χ4n) is 2.63. The van der Waals surface area contributed by atoms with Crippen LogP contribution in [0.15, 0.2) is 30.9 Å². The van der Waals surface area contributed by atoms with E-state index in [-0.39, 0.29) is 0 Å². The van der Waals surface area contributed by atoms with Gasteiger partial charge < -0.3 is 0 Å². The van der Waals surface area contributed by atoms with Crippen molar-refractivity contribution in [3.05, 3.63) is 47.5 Å². The van der Waals surface area contributed by atoms with Gasteiger partial charge in [0.25, 0.3) is 0 Å². The van der Waals surface area contributed by atoms with E-state index < -0.39 is 0 Å². The maximum Gasteiger partial charge on any atom is 0.137 e. The zero-order valence-electron chi connectivity index (χ0n) is 12.1. The molecule has 19 heavy (non-hydrogen) atoms. The minimum atomic E-state index is 0.530. The second-order valence-electron chi connectivity index (χ2n) is 5.32. The molecule has 1 unspecified atom stereocenters. The Morgan fingerprint density at radius 2 is 2.11 bits per heavy atom. The normalized spacial score (nSPS) is 12.6. The van der Waals surface area contributed by atoms with Crippen molar-refractivity contribution < 1.29 is 0 Å². The van der Waals surface area contributed by atoms with Crippen LogP contribution in [0.3, 0.4) is 0 Å². The number of aromatic nitrogens is 3. The molecule has 3 heteroatoms. The molecule has 0 saturated heterocycles. The fraction of sp³-hybridized carbons (Fsp3) is 0.500. The average molecular weight is 257 g/mol. The molecule has 1 heterocycles. The predicted octanol–water partition coefficient (Wildman–Crippen LogP) is 3.87. The molecule has 1 aromatic carbocycles. The van der Waals surface area contributed by atoms with Gasteiger partial charge in [0.2, 0.25) is 0 Å². The Labute approximate surface area is 115 Å². The molecule has 0 saturated carbocycles. The van der Waals surface area contributed by atoms with Gasteiger partial charge in [0.15, 0.2) is 0 Å². The standard InChI is InChI=1S/C16H23N3/c1-4-5-6-15(10-19-12-17-11-18-19)16-8-7-13(2)9-14(16)3/h7-9,11-12,15H,4-6,10H2,1-3H3. The highest BCUT2D eigenvalue weighted by molar-refractivity contribution is 5.33. The van der Waals surface area contributed by atoms with E-state index in [1.165, 1.54) is 36.0 Å². The first kappa shape index (κ1) is 13.8. The molecule has 1 atom stereocenters. The highest BCUT2D eigenvalue weighted by Crippen LogP contribution is 2.27. The Morgan fingerprint density at radius 3 is 2.74 bits per heavy atom. The summed E-state index contributed by atoms with van der Waals surface area (Å²) >= 11 is 0. The molecule has 3 nitrogen and oxygen atoms in total. The van der Waals surface area contributed by atoms with E-state index in [9.17, 15) is 0 Å². The highest BCUT2D eigenvalue weighted by atomic mass is 15.3. The molecule has 0 aliphatic rings. The summed E-state index contributed by atoms with van der Waals surface area (Å²) in [5.41, 5.74) is 4.17. The lowest BCUT2D eigenvalue weighted by Crippen LogP contribution is -2.11. The van der Waals surface area contributed by atoms with Crippen LogP contribution in [-0.2, 0) is 6.54 Å². The monoisotopic (exact) mass is 257 g/mol. The molecule has 0 radical (unpaired) electrons. The SMILES string of the molecule is CCCCC(Cn1cncn1)c1ccc(C)cc1C. The topological polar surface area (TPSA) is 30.7 Å². The lowest BCUT2D eigenvalue weighted by atomic mass is 9.89. The van der Waals surface area contributed by atoms with Gasteiger partial charge in [-0.2, -0.15) is 5.10 Å². The summed E-state index contributed by atoms with van der Waals surface area (Å²) in [6.45, 7) is 7.52. The lowest BCUT2D eigenvalue weighted by molar-refractivity contribution is 0.473. The Hall–Kier alpha value is -1.64. The molecule has 2 aromatic rings. The largest absolute Gasteiger partial charge is 0.252 e. The quantitative estimate of drug-likeness (QED) is 0.786. The maximum absolute atomic E-state index is 4.24. The minimum absolute atomic E-state index is 0.530. The molecule has 0 aliphatic heterocycles. The van der Waals surface area contributed by atoms with Crippen molar-refractivity contribution in [1.29, 1.82) is 0 Å². The number of aryl methyl sites for hydroxylation is 2. The van der Waals surface area contributed by atoms with Gasteiger partial charge >= 0.3 is 0 Å². The molecule has 2 rings (SSSR count). The Balaban J connectivity index is 2.20. The molecule has 0 bridgehead atoms. The van der Waals surface area contributed by atoms with E-state index in [4.69, 9.17) is 0 Å². The Morgan fingerprint density at radius 1 is 1.26 bits per heavy atom. The molecular weight excluding hydrogens is 234 g/mol. The highest BCUT2D eigenvalue weighted by Gasteiger charge is 2.14. The third-order valence-corrected chi connectivity index (χ3v) is 3.65. The molecule has 0 fully saturated rings. The van der Waals surface area contributed by atoms with Gasteiger partial charge in [-0.15, -0.1) is 0 Å². The molecule has 0 N–H and O–H groups in total. The van der Waals surface area contributed by atoms with Gasteiger partial charge in [-0.05, 0) is 31.4 Å². The third-order valence-electron chi connectivity index (χ3n) is 3.65. The van der Waals surface area contributed by atoms with E-state index in [2.05, 4.69) is 49.1 Å². The van der Waals surface area contributed by atoms with Crippen LogP contribution in [-0.4, -0.2) is 14.8 Å². The molecular formula is C16H23N3. The Kier molecular flexibility index (Phi) is 4.72. The first-order chi connectivity index (χ1) is 9.20. The van der Waals surface area contributed by atoms with Crippen LogP contribution in [0.2, 0.25) is 0 Å². The first-order valence-corrected chi connectivity index (χ1v) is 7.10. The number of nitrogens with zero attached hydrogens (tertiary/aromatic N) is 3. The summed E-state index contributed by atoms with van der Waals surface area (Å²) in [4.78, 5) is 4.04. The first-order valence-electron chi connectivity index (χ1n) is 7.10. The zero-order chi connectivity index (χ0) is 13.7. The van der Waals surface area contributed by atoms with Crippen molar-refractivity contribution in [3.63, 3.8) is 0 Å². The van der Waals surface area contributed by atoms with Crippen LogP contribution < -0.4 is 0 Å². The minimum Gasteiger partial charge on any atom is -0.252 e. The average Bonchev–Trinajstić information content (AvgIpc) is 2.88. The molecule has 1 aromatic heterocycles. The summed E-state index contributed by atoms with van der Waals surface area (Å²) < 4.78 is 1.94. The van der Waals surface area contributed by atoms with Crippen molar-refractivity contribution in [3.8, 4) is 0 Å². The van der Waals surface area contributed by atoms with E-state index in [1.54, 1.807) is 6.33 Å². The van der Waals surface area contributed by atoms with E-state index in [0.717, 1.165) is 6.54 Å². The third kappa shape index (κ3) is 3.66. The lowest BCUT2D eigenvalue weighted by Gasteiger charge is -2.19. The van der Waals surface area contributed by atoms with Crippen molar-refractivity contribution in [1.82, 2.24) is 14.8 Å². The van der Waals surface area contributed by atoms with Crippen molar-refractivity contribution in [2.75, 3.05) is 0 Å².